The van der Waals surface area contributed by atoms with E-state index in [2.05, 4.69) is 0 Å². The molecule has 0 aliphatic heterocycles. The monoisotopic (exact) mass is 585 g/mol. The second-order valence-electron chi connectivity index (χ2n) is 8.78. The van der Waals surface area contributed by atoms with Crippen molar-refractivity contribution in [2.24, 2.45) is 5.92 Å². The Kier molecular flexibility index (Phi) is 7.63. The van der Waals surface area contributed by atoms with E-state index in [-0.39, 0.29) is 26.6 Å². The van der Waals surface area contributed by atoms with Crippen LogP contribution in [0.25, 0.3) is 5.57 Å². The van der Waals surface area contributed by atoms with Gasteiger partial charge in [0, 0.05) is 18.1 Å². The van der Waals surface area contributed by atoms with Crippen molar-refractivity contribution in [1.82, 2.24) is 0 Å². The summed E-state index contributed by atoms with van der Waals surface area (Å²) in [6.07, 6.45) is -0.523. The van der Waals surface area contributed by atoms with Crippen LogP contribution in [-0.2, 0) is 38.7 Å². The number of nitro groups is 1. The van der Waals surface area contributed by atoms with Crippen LogP contribution in [0.3, 0.4) is 0 Å². The van der Waals surface area contributed by atoms with Gasteiger partial charge in [0.15, 0.2) is 23.8 Å². The van der Waals surface area contributed by atoms with Gasteiger partial charge in [-0.15, -0.1) is 0 Å². The molecule has 11 nitrogen and oxygen atoms in total. The number of carbonyl (C=O) groups is 2. The van der Waals surface area contributed by atoms with Crippen LogP contribution in [0.15, 0.2) is 100 Å². The fraction of sp³-hybridized carbons (Fsp3) is 0.185. The molecule has 1 unspecified atom stereocenters. The van der Waals surface area contributed by atoms with Gasteiger partial charge in [0.05, 0.1) is 28.9 Å². The number of ether oxygens (including phenoxy) is 2. The number of nitrogens with zero attached hydrogens (tertiary/aromatic N) is 1. The van der Waals surface area contributed by atoms with E-state index in [0.717, 1.165) is 26.4 Å². The molecule has 0 heterocycles. The molecule has 0 saturated heterocycles. The largest absolute Gasteiger partial charge is 0.465 e. The molecule has 0 bridgehead atoms. The fourth-order valence-corrected chi connectivity index (χ4v) is 9.99. The molecule has 1 atom stereocenters. The molecule has 0 N–H and O–H groups in total. The minimum atomic E-state index is -4.69. The van der Waals surface area contributed by atoms with Crippen LogP contribution in [0, 0.1) is 16.0 Å². The summed E-state index contributed by atoms with van der Waals surface area (Å²) < 4.78 is 63.8. The van der Waals surface area contributed by atoms with Crippen LogP contribution in [0.5, 0.6) is 0 Å². The Bertz CT molecular complexity index is 1630. The molecule has 1 saturated carbocycles. The highest BCUT2D eigenvalue weighted by Gasteiger charge is 2.74. The van der Waals surface area contributed by atoms with Gasteiger partial charge >= 0.3 is 11.9 Å². The first-order valence-electron chi connectivity index (χ1n) is 11.7. The molecule has 4 rings (SSSR count). The lowest BCUT2D eigenvalue weighted by Gasteiger charge is -2.22. The summed E-state index contributed by atoms with van der Waals surface area (Å²) in [5, 5.41) is 11.2. The van der Waals surface area contributed by atoms with E-state index in [9.17, 15) is 36.5 Å². The first kappa shape index (κ1) is 28.6. The predicted molar refractivity (Wildman–Crippen MR) is 142 cm³/mol. The molecule has 3 aromatic rings. The van der Waals surface area contributed by atoms with Gasteiger partial charge in [-0.05, 0) is 54.0 Å². The summed E-state index contributed by atoms with van der Waals surface area (Å²) in [6, 6.07) is 18.5. The number of methoxy groups -OCH3 is 2. The molecular weight excluding hydrogens is 562 g/mol. The van der Waals surface area contributed by atoms with Gasteiger partial charge in [0.2, 0.25) is 0 Å². The lowest BCUT2D eigenvalue weighted by molar-refractivity contribution is -0.384. The van der Waals surface area contributed by atoms with Crippen molar-refractivity contribution in [3.05, 3.63) is 106 Å². The Balaban J connectivity index is 2.08. The zero-order valence-corrected chi connectivity index (χ0v) is 22.8. The molecule has 1 aliphatic rings. The highest BCUT2D eigenvalue weighted by atomic mass is 32.3. The lowest BCUT2D eigenvalue weighted by atomic mass is 9.95. The summed E-state index contributed by atoms with van der Waals surface area (Å²) in [5.41, 5.74) is -1.32. The Labute approximate surface area is 230 Å². The van der Waals surface area contributed by atoms with Crippen LogP contribution in [0.1, 0.15) is 12.0 Å². The number of nitro benzene ring substituents is 1. The predicted octanol–water partition coefficient (Wildman–Crippen LogP) is 3.36. The molecule has 13 heteroatoms. The van der Waals surface area contributed by atoms with E-state index in [1.807, 2.05) is 0 Å². The summed E-state index contributed by atoms with van der Waals surface area (Å²) in [4.78, 5) is 35.8. The van der Waals surface area contributed by atoms with E-state index in [1.165, 1.54) is 60.7 Å². The van der Waals surface area contributed by atoms with Crippen molar-refractivity contribution in [1.29, 1.82) is 0 Å². The van der Waals surface area contributed by atoms with Crippen molar-refractivity contribution in [2.45, 2.75) is 20.3 Å². The average Bonchev–Trinajstić information content (AvgIpc) is 3.74. The number of benzene rings is 3. The maximum Gasteiger partial charge on any atom is 0.345 e. The molecule has 0 aromatic heterocycles. The van der Waals surface area contributed by atoms with Crippen LogP contribution in [0.4, 0.5) is 5.69 Å². The van der Waals surface area contributed by atoms with Crippen molar-refractivity contribution in [3.63, 3.8) is 0 Å². The Morgan fingerprint density at radius 1 is 0.775 bits per heavy atom. The Hall–Kier alpha value is -4.36. The number of rotatable bonds is 9. The average molecular weight is 586 g/mol. The minimum Gasteiger partial charge on any atom is -0.465 e. The lowest BCUT2D eigenvalue weighted by Crippen LogP contribution is -2.36. The number of carbonyl (C=O) groups excluding carboxylic acids is 2. The van der Waals surface area contributed by atoms with Crippen LogP contribution in [-0.4, -0.2) is 52.0 Å². The molecule has 0 radical (unpaired) electrons. The van der Waals surface area contributed by atoms with Gasteiger partial charge in [-0.1, -0.05) is 36.4 Å². The summed E-state index contributed by atoms with van der Waals surface area (Å²) in [5.74, 6) is -3.86. The first-order valence-corrected chi connectivity index (χ1v) is 14.7. The van der Waals surface area contributed by atoms with Crippen molar-refractivity contribution < 1.29 is 40.8 Å². The highest BCUT2D eigenvalue weighted by molar-refractivity contribution is 8.11. The summed E-state index contributed by atoms with van der Waals surface area (Å²) >= 11 is 0. The van der Waals surface area contributed by atoms with Gasteiger partial charge in [-0.2, -0.15) is 0 Å². The van der Waals surface area contributed by atoms with Gasteiger partial charge in [0.1, 0.15) is 5.57 Å². The zero-order chi connectivity index (χ0) is 29.3. The van der Waals surface area contributed by atoms with Crippen LogP contribution in [0.2, 0.25) is 0 Å². The van der Waals surface area contributed by atoms with Crippen molar-refractivity contribution >= 4 is 42.9 Å². The first-order chi connectivity index (χ1) is 18.9. The smallest absolute Gasteiger partial charge is 0.345 e. The number of allylic oxidation sites excluding steroid dienone is 1. The minimum absolute atomic E-state index is 0.00907. The third kappa shape index (κ3) is 4.56. The van der Waals surface area contributed by atoms with Gasteiger partial charge < -0.3 is 9.47 Å². The molecule has 40 heavy (non-hydrogen) atoms. The van der Waals surface area contributed by atoms with Crippen molar-refractivity contribution in [3.8, 4) is 0 Å². The topological polar surface area (TPSA) is 164 Å². The quantitative estimate of drug-likeness (QED) is 0.0908. The number of non-ortho nitro benzene ring substituents is 1. The second-order valence-corrected chi connectivity index (χ2v) is 13.4. The van der Waals surface area contributed by atoms with Gasteiger partial charge in [-0.3, -0.25) is 10.1 Å². The second kappa shape index (κ2) is 10.7. The van der Waals surface area contributed by atoms with E-state index >= 15 is 0 Å². The van der Waals surface area contributed by atoms with E-state index in [1.54, 1.807) is 12.1 Å². The number of sulfone groups is 2. The molecule has 1 fully saturated rings. The number of hydrogen-bond donors (Lipinski definition) is 0. The maximum absolute atomic E-state index is 14.2. The Morgan fingerprint density at radius 2 is 1.20 bits per heavy atom. The Morgan fingerprint density at radius 3 is 1.57 bits per heavy atom. The number of esters is 2. The molecule has 208 valence electrons. The van der Waals surface area contributed by atoms with E-state index in [0.29, 0.717) is 0 Å². The van der Waals surface area contributed by atoms with Crippen LogP contribution < -0.4 is 0 Å². The fourth-order valence-electron chi connectivity index (χ4n) is 4.67. The normalized spacial score (nSPS) is 15.9. The van der Waals surface area contributed by atoms with Gasteiger partial charge in [-0.25, -0.2) is 26.4 Å². The third-order valence-corrected chi connectivity index (χ3v) is 12.5. The van der Waals surface area contributed by atoms with Crippen LogP contribution >= 0.6 is 0 Å². The summed E-state index contributed by atoms with van der Waals surface area (Å²) in [6.45, 7) is 0. The third-order valence-electron chi connectivity index (χ3n) is 6.66. The van der Waals surface area contributed by atoms with Crippen molar-refractivity contribution in [2.75, 3.05) is 14.2 Å². The highest BCUT2D eigenvalue weighted by Crippen LogP contribution is 2.63. The molecule has 0 spiro atoms. The summed E-state index contributed by atoms with van der Waals surface area (Å²) in [7, 11) is -7.41. The molecule has 3 aromatic carbocycles. The van der Waals surface area contributed by atoms with E-state index < -0.39 is 58.5 Å². The van der Waals surface area contributed by atoms with Gasteiger partial charge in [0.25, 0.3) is 5.69 Å². The van der Waals surface area contributed by atoms with E-state index in [4.69, 9.17) is 9.47 Å². The molecule has 1 aliphatic carbocycles. The zero-order valence-electron chi connectivity index (χ0n) is 21.2. The molecule has 0 amide bonds. The molecular formula is C27H23NO10S2. The number of hydrogen-bond acceptors (Lipinski definition) is 10. The maximum atomic E-state index is 14.2. The standard InChI is InChI=1S/C27H23NO10S2/c1-37-25(29)24(26(30)38-2)23(18-13-15-19(16-14-18)28(31)32)22-17-27(22,39(33,34)20-9-5-3-6-10-20)40(35,36)21-11-7-4-8-12-21/h3-16,22H,17H2,1-2H3. The SMILES string of the molecule is COC(=O)C(C(=O)OC)=C(c1ccc([N+](=O)[O-])cc1)C1CC1(S(=O)(=O)c1ccccc1)S(=O)(=O)c1ccccc1.